The number of aromatic amines is 1. The smallest absolute Gasteiger partial charge is 0.0457 e. The molecule has 0 fully saturated rings. The van der Waals surface area contributed by atoms with Gasteiger partial charge in [-0.3, -0.25) is 0 Å². The van der Waals surface area contributed by atoms with Crippen LogP contribution in [0.4, 0.5) is 0 Å². The van der Waals surface area contributed by atoms with Gasteiger partial charge in [0.1, 0.15) is 0 Å². The SMILES string of the molecule is CNCC(C)(C)NCc1c[nH]c2ccccc12. The van der Waals surface area contributed by atoms with E-state index in [1.807, 2.05) is 7.05 Å². The van der Waals surface area contributed by atoms with Crippen LogP contribution in [0, 0.1) is 0 Å². The molecule has 2 aromatic rings. The van der Waals surface area contributed by atoms with Gasteiger partial charge in [0.2, 0.25) is 0 Å². The molecule has 1 heterocycles. The third kappa shape index (κ3) is 2.87. The summed E-state index contributed by atoms with van der Waals surface area (Å²) in [6, 6.07) is 8.41. The first-order chi connectivity index (χ1) is 8.12. The summed E-state index contributed by atoms with van der Waals surface area (Å²) in [5.74, 6) is 0. The molecule has 0 aliphatic rings. The van der Waals surface area contributed by atoms with Crippen LogP contribution in [0.2, 0.25) is 0 Å². The third-order valence-corrected chi connectivity index (χ3v) is 3.05. The summed E-state index contributed by atoms with van der Waals surface area (Å²) in [7, 11) is 1.98. The third-order valence-electron chi connectivity index (χ3n) is 3.05. The average molecular weight is 231 g/mol. The van der Waals surface area contributed by atoms with E-state index in [1.54, 1.807) is 0 Å². The number of hydrogen-bond acceptors (Lipinski definition) is 2. The second-order valence-electron chi connectivity index (χ2n) is 5.13. The molecule has 0 spiro atoms. The summed E-state index contributed by atoms with van der Waals surface area (Å²) >= 11 is 0. The van der Waals surface area contributed by atoms with Gasteiger partial charge in [0.25, 0.3) is 0 Å². The van der Waals surface area contributed by atoms with Gasteiger partial charge in [-0.2, -0.15) is 0 Å². The fourth-order valence-electron chi connectivity index (χ4n) is 2.12. The van der Waals surface area contributed by atoms with E-state index in [9.17, 15) is 0 Å². The summed E-state index contributed by atoms with van der Waals surface area (Å²) in [6.07, 6.45) is 2.09. The molecule has 0 saturated carbocycles. The summed E-state index contributed by atoms with van der Waals surface area (Å²) in [6.45, 7) is 6.25. The fraction of sp³-hybridized carbons (Fsp3) is 0.429. The van der Waals surface area contributed by atoms with Crippen LogP contribution in [0.3, 0.4) is 0 Å². The number of likely N-dealkylation sites (N-methyl/N-ethyl adjacent to an activating group) is 1. The number of benzene rings is 1. The highest BCUT2D eigenvalue weighted by atomic mass is 15.0. The number of rotatable bonds is 5. The van der Waals surface area contributed by atoms with E-state index in [1.165, 1.54) is 16.5 Å². The minimum Gasteiger partial charge on any atom is -0.361 e. The van der Waals surface area contributed by atoms with Gasteiger partial charge in [-0.25, -0.2) is 0 Å². The van der Waals surface area contributed by atoms with Crippen molar-refractivity contribution in [2.24, 2.45) is 0 Å². The molecule has 3 N–H and O–H groups in total. The molecule has 0 aliphatic heterocycles. The van der Waals surface area contributed by atoms with Crippen molar-refractivity contribution in [3.63, 3.8) is 0 Å². The number of H-pyrrole nitrogens is 1. The van der Waals surface area contributed by atoms with E-state index in [0.29, 0.717) is 0 Å². The Hall–Kier alpha value is -1.32. The van der Waals surface area contributed by atoms with E-state index in [0.717, 1.165) is 13.1 Å². The Labute approximate surface area is 103 Å². The van der Waals surface area contributed by atoms with Gasteiger partial charge in [0.05, 0.1) is 0 Å². The molecule has 0 amide bonds. The lowest BCUT2D eigenvalue weighted by molar-refractivity contribution is 0.374. The number of hydrogen-bond donors (Lipinski definition) is 3. The molecule has 3 nitrogen and oxygen atoms in total. The monoisotopic (exact) mass is 231 g/mol. The van der Waals surface area contributed by atoms with Gasteiger partial charge < -0.3 is 15.6 Å². The van der Waals surface area contributed by atoms with E-state index in [-0.39, 0.29) is 5.54 Å². The molecule has 0 aliphatic carbocycles. The molecule has 1 aromatic carbocycles. The van der Waals surface area contributed by atoms with Crippen molar-refractivity contribution in [2.75, 3.05) is 13.6 Å². The predicted molar refractivity (Wildman–Crippen MR) is 73.1 cm³/mol. The molecule has 2 rings (SSSR count). The van der Waals surface area contributed by atoms with Crippen LogP contribution in [0.5, 0.6) is 0 Å². The molecule has 17 heavy (non-hydrogen) atoms. The van der Waals surface area contributed by atoms with Gasteiger partial charge in [-0.1, -0.05) is 18.2 Å². The second-order valence-corrected chi connectivity index (χ2v) is 5.13. The first-order valence-electron chi connectivity index (χ1n) is 6.07. The quantitative estimate of drug-likeness (QED) is 0.738. The Morgan fingerprint density at radius 1 is 1.24 bits per heavy atom. The minimum atomic E-state index is 0.104. The largest absolute Gasteiger partial charge is 0.361 e. The van der Waals surface area contributed by atoms with E-state index < -0.39 is 0 Å². The summed E-state index contributed by atoms with van der Waals surface area (Å²) < 4.78 is 0. The Bertz CT molecular complexity index is 485. The highest BCUT2D eigenvalue weighted by molar-refractivity contribution is 5.82. The predicted octanol–water partition coefficient (Wildman–Crippen LogP) is 2.26. The molecule has 92 valence electrons. The molecule has 3 heteroatoms. The summed E-state index contributed by atoms with van der Waals surface area (Å²) in [4.78, 5) is 3.30. The molecule has 1 aromatic heterocycles. The zero-order valence-electron chi connectivity index (χ0n) is 10.8. The van der Waals surface area contributed by atoms with Crippen LogP contribution in [0.15, 0.2) is 30.5 Å². The van der Waals surface area contributed by atoms with Gasteiger partial charge in [0, 0.05) is 35.7 Å². The molecule has 0 bridgehead atoms. The van der Waals surface area contributed by atoms with Crippen molar-refractivity contribution in [3.8, 4) is 0 Å². The van der Waals surface area contributed by atoms with Crippen LogP contribution in [-0.4, -0.2) is 24.1 Å². The normalized spacial score (nSPS) is 12.2. The Morgan fingerprint density at radius 2 is 2.00 bits per heavy atom. The van der Waals surface area contributed by atoms with Crippen molar-refractivity contribution in [1.82, 2.24) is 15.6 Å². The Balaban J connectivity index is 2.09. The number of nitrogens with one attached hydrogen (secondary N) is 3. The highest BCUT2D eigenvalue weighted by Gasteiger charge is 2.15. The lowest BCUT2D eigenvalue weighted by atomic mass is 10.0. The Morgan fingerprint density at radius 3 is 2.76 bits per heavy atom. The van der Waals surface area contributed by atoms with Crippen molar-refractivity contribution < 1.29 is 0 Å². The number of aromatic nitrogens is 1. The second kappa shape index (κ2) is 4.90. The van der Waals surface area contributed by atoms with Crippen LogP contribution in [0.25, 0.3) is 10.9 Å². The lowest BCUT2D eigenvalue weighted by Crippen LogP contribution is -2.46. The maximum atomic E-state index is 3.57. The van der Waals surface area contributed by atoms with E-state index >= 15 is 0 Å². The Kier molecular flexibility index (Phi) is 3.50. The first-order valence-corrected chi connectivity index (χ1v) is 6.07. The summed E-state index contributed by atoms with van der Waals surface area (Å²) in [5.41, 5.74) is 2.63. The van der Waals surface area contributed by atoms with Gasteiger partial charge in [0.15, 0.2) is 0 Å². The molecule has 0 saturated heterocycles. The minimum absolute atomic E-state index is 0.104. The standard InChI is InChI=1S/C14H21N3/c1-14(2,10-15-3)17-9-11-8-16-13-7-5-4-6-12(11)13/h4-8,15-17H,9-10H2,1-3H3. The van der Waals surface area contributed by atoms with E-state index in [2.05, 4.69) is 59.9 Å². The topological polar surface area (TPSA) is 39.8 Å². The van der Waals surface area contributed by atoms with E-state index in [4.69, 9.17) is 0 Å². The van der Waals surface area contributed by atoms with Crippen molar-refractivity contribution >= 4 is 10.9 Å². The fourth-order valence-corrected chi connectivity index (χ4v) is 2.12. The van der Waals surface area contributed by atoms with Crippen LogP contribution in [-0.2, 0) is 6.54 Å². The number of para-hydroxylation sites is 1. The molecular formula is C14H21N3. The molecular weight excluding hydrogens is 210 g/mol. The van der Waals surface area contributed by atoms with Crippen molar-refractivity contribution in [2.45, 2.75) is 25.9 Å². The molecule has 0 atom stereocenters. The number of fused-ring (bicyclic) bond motifs is 1. The van der Waals surface area contributed by atoms with Gasteiger partial charge in [-0.15, -0.1) is 0 Å². The zero-order chi connectivity index (χ0) is 12.3. The average Bonchev–Trinajstić information content (AvgIpc) is 2.70. The molecule has 0 radical (unpaired) electrons. The highest BCUT2D eigenvalue weighted by Crippen LogP contribution is 2.18. The van der Waals surface area contributed by atoms with Crippen molar-refractivity contribution in [1.29, 1.82) is 0 Å². The molecule has 0 unspecified atom stereocenters. The maximum Gasteiger partial charge on any atom is 0.0457 e. The van der Waals surface area contributed by atoms with Gasteiger partial charge >= 0.3 is 0 Å². The first kappa shape index (κ1) is 12.1. The zero-order valence-corrected chi connectivity index (χ0v) is 10.8. The van der Waals surface area contributed by atoms with Crippen molar-refractivity contribution in [3.05, 3.63) is 36.0 Å². The van der Waals surface area contributed by atoms with Crippen LogP contribution < -0.4 is 10.6 Å². The van der Waals surface area contributed by atoms with Crippen LogP contribution >= 0.6 is 0 Å². The summed E-state index contributed by atoms with van der Waals surface area (Å²) in [5, 5.41) is 8.08. The van der Waals surface area contributed by atoms with Crippen LogP contribution in [0.1, 0.15) is 19.4 Å². The maximum absolute atomic E-state index is 3.57. The van der Waals surface area contributed by atoms with Gasteiger partial charge in [-0.05, 0) is 32.5 Å². The lowest BCUT2D eigenvalue weighted by Gasteiger charge is -2.25.